The second kappa shape index (κ2) is 12.2. The van der Waals surface area contributed by atoms with Gasteiger partial charge in [0.15, 0.2) is 5.82 Å². The van der Waals surface area contributed by atoms with E-state index in [2.05, 4.69) is 15.2 Å². The lowest BCUT2D eigenvalue weighted by molar-refractivity contribution is -0.119. The molecule has 8 heteroatoms. The smallest absolute Gasteiger partial charge is 0.257 e. The van der Waals surface area contributed by atoms with Crippen molar-refractivity contribution in [2.24, 2.45) is 5.92 Å². The molecule has 1 atom stereocenters. The van der Waals surface area contributed by atoms with Gasteiger partial charge in [-0.25, -0.2) is 4.98 Å². The Hall–Kier alpha value is -4.04. The topological polar surface area (TPSA) is 85.8 Å². The zero-order chi connectivity index (χ0) is 27.2. The first-order chi connectivity index (χ1) is 19.0. The molecule has 1 fully saturated rings. The molecule has 39 heavy (non-hydrogen) atoms. The molecule has 0 radical (unpaired) electrons. The molecule has 3 heterocycles. The highest BCUT2D eigenvalue weighted by Gasteiger charge is 2.32. The Labute approximate surface area is 229 Å². The van der Waals surface area contributed by atoms with Crippen molar-refractivity contribution in [3.63, 3.8) is 0 Å². The summed E-state index contributed by atoms with van der Waals surface area (Å²) < 4.78 is 0. The molecule has 0 aliphatic carbocycles. The molecule has 1 unspecified atom stereocenters. The van der Waals surface area contributed by atoms with Crippen LogP contribution in [0.25, 0.3) is 0 Å². The van der Waals surface area contributed by atoms with Gasteiger partial charge < -0.3 is 10.2 Å². The zero-order valence-corrected chi connectivity index (χ0v) is 22.4. The van der Waals surface area contributed by atoms with Crippen LogP contribution in [0, 0.1) is 5.92 Å². The first-order valence-electron chi connectivity index (χ1n) is 13.7. The monoisotopic (exact) mass is 525 g/mol. The van der Waals surface area contributed by atoms with Crippen molar-refractivity contribution < 1.29 is 14.4 Å². The van der Waals surface area contributed by atoms with Gasteiger partial charge in [0.05, 0.1) is 23.5 Å². The van der Waals surface area contributed by atoms with Crippen molar-refractivity contribution in [2.75, 3.05) is 43.4 Å². The minimum absolute atomic E-state index is 0.0565. The number of carbonyl (C=O) groups excluding carboxylic acids is 3. The number of hydrogen-bond acceptors (Lipinski definition) is 5. The molecular formula is C31H35N5O3. The average Bonchev–Trinajstić information content (AvgIpc) is 3.09. The summed E-state index contributed by atoms with van der Waals surface area (Å²) in [6, 6.07) is 20.1. The predicted octanol–water partition coefficient (Wildman–Crippen LogP) is 4.97. The van der Waals surface area contributed by atoms with Crippen LogP contribution in [0.5, 0.6) is 0 Å². The van der Waals surface area contributed by atoms with Crippen LogP contribution < -0.4 is 10.2 Å². The predicted molar refractivity (Wildman–Crippen MR) is 152 cm³/mol. The summed E-state index contributed by atoms with van der Waals surface area (Å²) in [7, 11) is 1.86. The first-order valence-corrected chi connectivity index (χ1v) is 13.7. The Kier molecular flexibility index (Phi) is 8.32. The lowest BCUT2D eigenvalue weighted by Gasteiger charge is -2.34. The Morgan fingerprint density at radius 3 is 2.67 bits per heavy atom. The van der Waals surface area contributed by atoms with Gasteiger partial charge in [0.1, 0.15) is 0 Å². The van der Waals surface area contributed by atoms with Gasteiger partial charge >= 0.3 is 0 Å². The highest BCUT2D eigenvalue weighted by Crippen LogP contribution is 2.36. The number of piperidine rings is 1. The number of nitrogens with one attached hydrogen (secondary N) is 1. The van der Waals surface area contributed by atoms with Crippen LogP contribution >= 0.6 is 0 Å². The quantitative estimate of drug-likeness (QED) is 0.420. The van der Waals surface area contributed by atoms with Gasteiger partial charge in [0, 0.05) is 31.9 Å². The lowest BCUT2D eigenvalue weighted by atomic mass is 9.92. The highest BCUT2D eigenvalue weighted by molar-refractivity contribution is 6.17. The fourth-order valence-corrected chi connectivity index (χ4v) is 5.57. The van der Waals surface area contributed by atoms with Crippen molar-refractivity contribution >= 4 is 34.9 Å². The summed E-state index contributed by atoms with van der Waals surface area (Å²) in [5.41, 5.74) is 2.26. The number of aromatic nitrogens is 1. The standard InChI is InChI=1S/C31H35N5O3/c1-34(31(39)24-13-3-2-4-14-24)19-8-7-11-23-12-10-20-35(21-23)22-28(37)36-27-17-6-5-15-25(27)30(38)33-26-16-9-18-32-29(26)36/h2-6,9,13-18,23H,7-8,10-12,19-22H2,1H3,(H,33,38). The molecule has 1 saturated heterocycles. The van der Waals surface area contributed by atoms with Crippen LogP contribution in [0.4, 0.5) is 17.2 Å². The fraction of sp³-hybridized carbons (Fsp3) is 0.355. The molecule has 1 N–H and O–H groups in total. The van der Waals surface area contributed by atoms with E-state index in [4.69, 9.17) is 0 Å². The van der Waals surface area contributed by atoms with Gasteiger partial charge in [-0.2, -0.15) is 0 Å². The Bertz CT molecular complexity index is 1330. The van der Waals surface area contributed by atoms with Gasteiger partial charge in [0.25, 0.3) is 11.8 Å². The van der Waals surface area contributed by atoms with E-state index in [1.165, 1.54) is 0 Å². The Balaban J connectivity index is 1.17. The number of benzene rings is 2. The molecule has 5 rings (SSSR count). The second-order valence-electron chi connectivity index (χ2n) is 10.4. The summed E-state index contributed by atoms with van der Waals surface area (Å²) in [5, 5.41) is 2.89. The SMILES string of the molecule is CN(CCCCC1CCCN(CC(=O)N2c3ccccc3C(=O)Nc3cccnc32)C1)C(=O)c1ccccc1. The van der Waals surface area contributed by atoms with Crippen molar-refractivity contribution in [2.45, 2.75) is 32.1 Å². The molecule has 0 spiro atoms. The number of unbranched alkanes of at least 4 members (excludes halogenated alkanes) is 1. The van der Waals surface area contributed by atoms with Gasteiger partial charge in [-0.1, -0.05) is 36.8 Å². The van der Waals surface area contributed by atoms with Crippen LogP contribution in [-0.4, -0.2) is 65.7 Å². The van der Waals surface area contributed by atoms with E-state index < -0.39 is 0 Å². The molecule has 0 bridgehead atoms. The molecule has 3 aromatic rings. The van der Waals surface area contributed by atoms with Gasteiger partial charge in [-0.3, -0.25) is 24.2 Å². The number of amides is 3. The summed E-state index contributed by atoms with van der Waals surface area (Å²) in [4.78, 5) is 49.2. The first kappa shape index (κ1) is 26.6. The minimum atomic E-state index is -0.246. The van der Waals surface area contributed by atoms with Crippen LogP contribution in [0.2, 0.25) is 0 Å². The molecule has 1 aromatic heterocycles. The molecule has 202 valence electrons. The molecule has 8 nitrogen and oxygen atoms in total. The summed E-state index contributed by atoms with van der Waals surface area (Å²) in [6.07, 6.45) is 6.92. The lowest BCUT2D eigenvalue weighted by Crippen LogP contribution is -2.43. The van der Waals surface area contributed by atoms with Crippen molar-refractivity contribution in [1.82, 2.24) is 14.8 Å². The van der Waals surface area contributed by atoms with Gasteiger partial charge in [-0.15, -0.1) is 0 Å². The van der Waals surface area contributed by atoms with Crippen molar-refractivity contribution in [3.05, 3.63) is 84.1 Å². The number of anilines is 3. The van der Waals surface area contributed by atoms with Crippen molar-refractivity contribution in [1.29, 1.82) is 0 Å². The maximum atomic E-state index is 13.7. The number of pyridine rings is 1. The Morgan fingerprint density at radius 2 is 1.82 bits per heavy atom. The number of carbonyl (C=O) groups is 3. The minimum Gasteiger partial charge on any atom is -0.342 e. The normalized spacial score (nSPS) is 17.0. The third kappa shape index (κ3) is 6.17. The third-order valence-corrected chi connectivity index (χ3v) is 7.57. The summed E-state index contributed by atoms with van der Waals surface area (Å²) in [6.45, 7) is 2.74. The van der Waals surface area contributed by atoms with Crippen LogP contribution in [0.1, 0.15) is 52.8 Å². The maximum absolute atomic E-state index is 13.7. The zero-order valence-electron chi connectivity index (χ0n) is 22.4. The molecule has 2 aromatic carbocycles. The van der Waals surface area contributed by atoms with Crippen molar-refractivity contribution in [3.8, 4) is 0 Å². The summed E-state index contributed by atoms with van der Waals surface area (Å²) >= 11 is 0. The van der Waals surface area contributed by atoms with Crippen LogP contribution in [-0.2, 0) is 4.79 Å². The fourth-order valence-electron chi connectivity index (χ4n) is 5.57. The average molecular weight is 526 g/mol. The van der Waals surface area contributed by atoms with E-state index in [9.17, 15) is 14.4 Å². The van der Waals surface area contributed by atoms with E-state index in [0.29, 0.717) is 28.7 Å². The number of nitrogens with zero attached hydrogens (tertiary/aromatic N) is 4. The number of likely N-dealkylation sites (tertiary alicyclic amines) is 1. The third-order valence-electron chi connectivity index (χ3n) is 7.57. The van der Waals surface area contributed by atoms with Gasteiger partial charge in [0.2, 0.25) is 5.91 Å². The molecule has 0 saturated carbocycles. The number of hydrogen-bond donors (Lipinski definition) is 1. The number of fused-ring (bicyclic) bond motifs is 2. The largest absolute Gasteiger partial charge is 0.342 e. The highest BCUT2D eigenvalue weighted by atomic mass is 16.2. The van der Waals surface area contributed by atoms with E-state index in [1.54, 1.807) is 46.3 Å². The number of rotatable bonds is 8. The molecule has 2 aliphatic heterocycles. The second-order valence-corrected chi connectivity index (χ2v) is 10.4. The molecule has 3 amide bonds. The van der Waals surface area contributed by atoms with E-state index in [-0.39, 0.29) is 24.3 Å². The molecular weight excluding hydrogens is 490 g/mol. The van der Waals surface area contributed by atoms with E-state index in [1.807, 2.05) is 43.4 Å². The maximum Gasteiger partial charge on any atom is 0.257 e. The van der Waals surface area contributed by atoms with E-state index in [0.717, 1.165) is 57.3 Å². The van der Waals surface area contributed by atoms with Crippen LogP contribution in [0.3, 0.4) is 0 Å². The van der Waals surface area contributed by atoms with E-state index >= 15 is 0 Å². The van der Waals surface area contributed by atoms with Crippen LogP contribution in [0.15, 0.2) is 72.9 Å². The van der Waals surface area contributed by atoms with Gasteiger partial charge in [-0.05, 0) is 74.5 Å². The number of para-hydroxylation sites is 1. The summed E-state index contributed by atoms with van der Waals surface area (Å²) in [5.74, 6) is 0.682. The molecule has 2 aliphatic rings. The Morgan fingerprint density at radius 1 is 1.03 bits per heavy atom.